The third-order valence-corrected chi connectivity index (χ3v) is 6.01. The zero-order chi connectivity index (χ0) is 23.1. The molecular formula is C27H31N3O3. The Morgan fingerprint density at radius 2 is 1.91 bits per heavy atom. The van der Waals surface area contributed by atoms with Gasteiger partial charge in [0.2, 0.25) is 0 Å². The molecule has 1 saturated heterocycles. The van der Waals surface area contributed by atoms with Crippen molar-refractivity contribution in [3.63, 3.8) is 0 Å². The van der Waals surface area contributed by atoms with Gasteiger partial charge in [-0.1, -0.05) is 55.5 Å². The van der Waals surface area contributed by atoms with Gasteiger partial charge >= 0.3 is 0 Å². The largest absolute Gasteiger partial charge is 0.493 e. The molecule has 1 aliphatic heterocycles. The summed E-state index contributed by atoms with van der Waals surface area (Å²) in [5.74, 6) is 0.446. The number of nitrogens with zero attached hydrogens (tertiary/aromatic N) is 2. The predicted octanol–water partition coefficient (Wildman–Crippen LogP) is 3.84. The predicted molar refractivity (Wildman–Crippen MR) is 129 cm³/mol. The SMILES string of the molecule is CCCOc1ccccc1CN1CCOC(Cc2ccccc2-c2cccnc2)(C(N)=O)C1. The molecule has 0 aliphatic carbocycles. The van der Waals surface area contributed by atoms with E-state index in [0.717, 1.165) is 41.0 Å². The first-order valence-corrected chi connectivity index (χ1v) is 11.5. The lowest BCUT2D eigenvalue weighted by molar-refractivity contribution is -0.157. The van der Waals surface area contributed by atoms with Crippen molar-refractivity contribution in [2.75, 3.05) is 26.3 Å². The van der Waals surface area contributed by atoms with E-state index >= 15 is 0 Å². The molecular weight excluding hydrogens is 414 g/mol. The maximum atomic E-state index is 12.8. The summed E-state index contributed by atoms with van der Waals surface area (Å²) in [6, 6.07) is 20.0. The maximum absolute atomic E-state index is 12.8. The lowest BCUT2D eigenvalue weighted by Gasteiger charge is -2.41. The van der Waals surface area contributed by atoms with Crippen LogP contribution in [0.2, 0.25) is 0 Å². The molecule has 2 heterocycles. The van der Waals surface area contributed by atoms with Gasteiger partial charge in [0.05, 0.1) is 13.2 Å². The van der Waals surface area contributed by atoms with Crippen molar-refractivity contribution < 1.29 is 14.3 Å². The van der Waals surface area contributed by atoms with Crippen LogP contribution in [0.25, 0.3) is 11.1 Å². The molecule has 4 rings (SSSR count). The summed E-state index contributed by atoms with van der Waals surface area (Å²) in [6.45, 7) is 5.03. The third kappa shape index (κ3) is 5.41. The minimum absolute atomic E-state index is 0.401. The molecule has 3 aromatic rings. The summed E-state index contributed by atoms with van der Waals surface area (Å²) >= 11 is 0. The molecule has 0 saturated carbocycles. The van der Waals surface area contributed by atoms with Gasteiger partial charge < -0.3 is 15.2 Å². The standard InChI is InChI=1S/C27H31N3O3/c1-2-15-32-25-12-6-4-9-23(25)19-30-14-16-33-27(20-30,26(28)31)17-21-8-3-5-11-24(21)22-10-7-13-29-18-22/h3-13,18H,2,14-17,19-20H2,1H3,(H2,28,31). The highest BCUT2D eigenvalue weighted by Gasteiger charge is 2.43. The van der Waals surface area contributed by atoms with E-state index in [0.29, 0.717) is 32.7 Å². The highest BCUT2D eigenvalue weighted by atomic mass is 16.5. The molecule has 6 heteroatoms. The molecule has 1 unspecified atom stereocenters. The second-order valence-corrected chi connectivity index (χ2v) is 8.45. The van der Waals surface area contributed by atoms with Crippen molar-refractivity contribution in [1.82, 2.24) is 9.88 Å². The molecule has 2 aromatic carbocycles. The topological polar surface area (TPSA) is 77.7 Å². The van der Waals surface area contributed by atoms with Crippen LogP contribution in [-0.4, -0.2) is 47.7 Å². The summed E-state index contributed by atoms with van der Waals surface area (Å²) in [4.78, 5) is 19.2. The first-order valence-electron chi connectivity index (χ1n) is 11.5. The van der Waals surface area contributed by atoms with Crippen LogP contribution in [0.4, 0.5) is 0 Å². The van der Waals surface area contributed by atoms with Crippen LogP contribution in [0.5, 0.6) is 5.75 Å². The van der Waals surface area contributed by atoms with E-state index in [1.54, 1.807) is 6.20 Å². The Bertz CT molecular complexity index is 1070. The highest BCUT2D eigenvalue weighted by molar-refractivity contribution is 5.85. The van der Waals surface area contributed by atoms with Crippen molar-refractivity contribution in [3.8, 4) is 16.9 Å². The van der Waals surface area contributed by atoms with Crippen LogP contribution in [0.15, 0.2) is 73.1 Å². The van der Waals surface area contributed by atoms with Crippen LogP contribution in [0.3, 0.4) is 0 Å². The molecule has 1 atom stereocenters. The van der Waals surface area contributed by atoms with Gasteiger partial charge in [-0.05, 0) is 29.7 Å². The van der Waals surface area contributed by atoms with Gasteiger partial charge in [0, 0.05) is 49.6 Å². The minimum Gasteiger partial charge on any atom is -0.493 e. The molecule has 0 spiro atoms. The van der Waals surface area contributed by atoms with Gasteiger partial charge in [0.1, 0.15) is 5.75 Å². The quantitative estimate of drug-likeness (QED) is 0.542. The van der Waals surface area contributed by atoms with Gasteiger partial charge in [-0.25, -0.2) is 0 Å². The first-order chi connectivity index (χ1) is 16.1. The molecule has 1 amide bonds. The first kappa shape index (κ1) is 23.0. The highest BCUT2D eigenvalue weighted by Crippen LogP contribution is 2.31. The average molecular weight is 446 g/mol. The second kappa shape index (κ2) is 10.6. The van der Waals surface area contributed by atoms with Crippen LogP contribution < -0.4 is 10.5 Å². The van der Waals surface area contributed by atoms with Crippen molar-refractivity contribution in [2.45, 2.75) is 31.9 Å². The number of pyridine rings is 1. The fourth-order valence-electron chi connectivity index (χ4n) is 4.35. The average Bonchev–Trinajstić information content (AvgIpc) is 2.84. The zero-order valence-corrected chi connectivity index (χ0v) is 19.1. The van der Waals surface area contributed by atoms with E-state index in [9.17, 15) is 4.79 Å². The molecule has 1 fully saturated rings. The molecule has 1 aliphatic rings. The number of ether oxygens (including phenoxy) is 2. The summed E-state index contributed by atoms with van der Waals surface area (Å²) in [7, 11) is 0. The van der Waals surface area contributed by atoms with Gasteiger partial charge in [-0.3, -0.25) is 14.7 Å². The Morgan fingerprint density at radius 1 is 1.12 bits per heavy atom. The number of rotatable bonds is 9. The Hall–Kier alpha value is -3.22. The van der Waals surface area contributed by atoms with Crippen molar-refractivity contribution >= 4 is 5.91 Å². The zero-order valence-electron chi connectivity index (χ0n) is 19.1. The number of hydrogen-bond acceptors (Lipinski definition) is 5. The van der Waals surface area contributed by atoms with E-state index in [1.165, 1.54) is 0 Å². The van der Waals surface area contributed by atoms with E-state index in [4.69, 9.17) is 15.2 Å². The number of amides is 1. The van der Waals surface area contributed by atoms with Crippen molar-refractivity contribution in [3.05, 3.63) is 84.2 Å². The molecule has 0 bridgehead atoms. The molecule has 0 radical (unpaired) electrons. The van der Waals surface area contributed by atoms with E-state index < -0.39 is 11.5 Å². The van der Waals surface area contributed by atoms with Crippen LogP contribution in [0, 0.1) is 0 Å². The van der Waals surface area contributed by atoms with Crippen LogP contribution in [-0.2, 0) is 22.5 Å². The Kier molecular flexibility index (Phi) is 7.37. The maximum Gasteiger partial charge on any atom is 0.251 e. The lowest BCUT2D eigenvalue weighted by Crippen LogP contribution is -2.59. The van der Waals surface area contributed by atoms with Gasteiger partial charge in [0.15, 0.2) is 5.60 Å². The fraction of sp³-hybridized carbons (Fsp3) is 0.333. The third-order valence-electron chi connectivity index (χ3n) is 6.01. The fourth-order valence-corrected chi connectivity index (χ4v) is 4.35. The Balaban J connectivity index is 1.58. The number of primary amides is 1. The Morgan fingerprint density at radius 3 is 2.67 bits per heavy atom. The summed E-state index contributed by atoms with van der Waals surface area (Å²) in [5, 5.41) is 0. The monoisotopic (exact) mass is 445 g/mol. The van der Waals surface area contributed by atoms with Crippen LogP contribution in [0.1, 0.15) is 24.5 Å². The van der Waals surface area contributed by atoms with Gasteiger partial charge in [-0.2, -0.15) is 0 Å². The Labute approximate surface area is 195 Å². The molecule has 172 valence electrons. The molecule has 2 N–H and O–H groups in total. The van der Waals surface area contributed by atoms with E-state index in [1.807, 2.05) is 60.8 Å². The molecule has 1 aromatic heterocycles. The number of morpholine rings is 1. The van der Waals surface area contributed by atoms with Crippen LogP contribution >= 0.6 is 0 Å². The van der Waals surface area contributed by atoms with E-state index in [-0.39, 0.29) is 0 Å². The second-order valence-electron chi connectivity index (χ2n) is 8.45. The number of hydrogen-bond donors (Lipinski definition) is 1. The number of nitrogens with two attached hydrogens (primary N) is 1. The van der Waals surface area contributed by atoms with Crippen molar-refractivity contribution in [1.29, 1.82) is 0 Å². The van der Waals surface area contributed by atoms with Gasteiger partial charge in [-0.15, -0.1) is 0 Å². The van der Waals surface area contributed by atoms with Crippen molar-refractivity contribution in [2.24, 2.45) is 5.73 Å². The number of benzene rings is 2. The number of carbonyl (C=O) groups is 1. The lowest BCUT2D eigenvalue weighted by atomic mass is 9.87. The summed E-state index contributed by atoms with van der Waals surface area (Å²) in [5.41, 5.74) is 9.01. The normalized spacial score (nSPS) is 18.7. The van der Waals surface area contributed by atoms with Gasteiger partial charge in [0.25, 0.3) is 5.91 Å². The summed E-state index contributed by atoms with van der Waals surface area (Å²) in [6.07, 6.45) is 4.93. The number of carbonyl (C=O) groups excluding carboxylic acids is 1. The molecule has 33 heavy (non-hydrogen) atoms. The minimum atomic E-state index is -1.10. The van der Waals surface area contributed by atoms with E-state index in [2.05, 4.69) is 22.9 Å². The summed E-state index contributed by atoms with van der Waals surface area (Å²) < 4.78 is 12.1. The number of para-hydroxylation sites is 1. The smallest absolute Gasteiger partial charge is 0.251 e. The molecule has 6 nitrogen and oxygen atoms in total. The number of aromatic nitrogens is 1.